The molecule has 1 aliphatic heterocycles. The Labute approximate surface area is 78.8 Å². The highest BCUT2D eigenvalue weighted by Crippen LogP contribution is 2.16. The zero-order valence-electron chi connectivity index (χ0n) is 8.34. The zero-order valence-corrected chi connectivity index (χ0v) is 8.34. The number of likely N-dealkylation sites (tertiary alicyclic amines) is 1. The van der Waals surface area contributed by atoms with Crippen LogP contribution in [0.4, 0.5) is 0 Å². The molecular weight excluding hydrogens is 164 g/mol. The van der Waals surface area contributed by atoms with Gasteiger partial charge in [0.15, 0.2) is 5.89 Å². The first-order valence-electron chi connectivity index (χ1n) is 4.97. The predicted molar refractivity (Wildman–Crippen MR) is 50.5 cm³/mol. The minimum Gasteiger partial charge on any atom is -0.444 e. The summed E-state index contributed by atoms with van der Waals surface area (Å²) >= 11 is 0. The third-order valence-corrected chi connectivity index (χ3v) is 2.56. The average molecular weight is 180 g/mol. The average Bonchev–Trinajstić information content (AvgIpc) is 2.39. The van der Waals surface area contributed by atoms with Crippen LogP contribution < -0.4 is 0 Å². The Morgan fingerprint density at radius 2 is 2.23 bits per heavy atom. The molecule has 1 aliphatic rings. The van der Waals surface area contributed by atoms with E-state index in [0.29, 0.717) is 0 Å². The third-order valence-electron chi connectivity index (χ3n) is 2.56. The molecule has 0 radical (unpaired) electrons. The van der Waals surface area contributed by atoms with Crippen LogP contribution in [0.15, 0.2) is 4.42 Å². The number of hydrogen-bond donors (Lipinski definition) is 0. The summed E-state index contributed by atoms with van der Waals surface area (Å²) in [4.78, 5) is 6.73. The van der Waals surface area contributed by atoms with Crippen LogP contribution >= 0.6 is 0 Å². The van der Waals surface area contributed by atoms with Gasteiger partial charge in [-0.3, -0.25) is 4.90 Å². The molecule has 1 aromatic heterocycles. The van der Waals surface area contributed by atoms with E-state index in [1.165, 1.54) is 19.5 Å². The van der Waals surface area contributed by atoms with Gasteiger partial charge in [0.2, 0.25) is 0 Å². The zero-order chi connectivity index (χ0) is 9.26. The Balaban J connectivity index is 2.05. The van der Waals surface area contributed by atoms with Crippen LogP contribution in [-0.4, -0.2) is 23.0 Å². The van der Waals surface area contributed by atoms with Crippen molar-refractivity contribution in [2.75, 3.05) is 13.1 Å². The monoisotopic (exact) mass is 180 g/mol. The van der Waals surface area contributed by atoms with Crippen molar-refractivity contribution >= 4 is 0 Å². The molecule has 0 aliphatic carbocycles. The highest BCUT2D eigenvalue weighted by molar-refractivity contribution is 5.08. The van der Waals surface area contributed by atoms with Crippen molar-refractivity contribution in [2.45, 2.75) is 33.2 Å². The second-order valence-electron chi connectivity index (χ2n) is 3.60. The van der Waals surface area contributed by atoms with Crippen LogP contribution in [0.25, 0.3) is 0 Å². The summed E-state index contributed by atoms with van der Waals surface area (Å²) in [6.07, 6.45) is 2.22. The number of nitrogens with zero attached hydrogens (tertiary/aromatic N) is 2. The fourth-order valence-electron chi connectivity index (χ4n) is 1.53. The quantitative estimate of drug-likeness (QED) is 0.709. The van der Waals surface area contributed by atoms with Gasteiger partial charge < -0.3 is 4.42 Å². The largest absolute Gasteiger partial charge is 0.444 e. The van der Waals surface area contributed by atoms with Gasteiger partial charge in [0.05, 0.1) is 12.2 Å². The molecule has 0 amide bonds. The van der Waals surface area contributed by atoms with Crippen molar-refractivity contribution in [3.63, 3.8) is 0 Å². The molecule has 0 atom stereocenters. The minimum atomic E-state index is 0.869. The lowest BCUT2D eigenvalue weighted by Gasteiger charge is -2.29. The number of hydrogen-bond acceptors (Lipinski definition) is 3. The summed E-state index contributed by atoms with van der Waals surface area (Å²) < 4.78 is 5.62. The Morgan fingerprint density at radius 3 is 2.69 bits per heavy atom. The Bertz CT molecular complexity index is 289. The van der Waals surface area contributed by atoms with Gasteiger partial charge >= 0.3 is 0 Å². The van der Waals surface area contributed by atoms with E-state index in [1.54, 1.807) is 0 Å². The standard InChI is InChI=1S/C10H16N2O/c1-3-10-11-8(2)9(13-10)7-12-5-4-6-12/h3-7H2,1-2H3. The van der Waals surface area contributed by atoms with Crippen molar-refractivity contribution in [1.82, 2.24) is 9.88 Å². The summed E-state index contributed by atoms with van der Waals surface area (Å²) in [5.74, 6) is 1.92. The van der Waals surface area contributed by atoms with Crippen molar-refractivity contribution < 1.29 is 4.42 Å². The summed E-state index contributed by atoms with van der Waals surface area (Å²) in [6.45, 7) is 7.46. The molecule has 0 bridgehead atoms. The van der Waals surface area contributed by atoms with Gasteiger partial charge in [-0.25, -0.2) is 4.98 Å². The number of oxazole rings is 1. The van der Waals surface area contributed by atoms with Gasteiger partial charge in [0.1, 0.15) is 5.76 Å². The Hall–Kier alpha value is -0.830. The first-order valence-corrected chi connectivity index (χ1v) is 4.97. The molecule has 0 aromatic carbocycles. The van der Waals surface area contributed by atoms with Gasteiger partial charge in [-0.1, -0.05) is 6.92 Å². The van der Waals surface area contributed by atoms with Crippen LogP contribution in [0, 0.1) is 6.92 Å². The van der Waals surface area contributed by atoms with Crippen LogP contribution in [0.2, 0.25) is 0 Å². The van der Waals surface area contributed by atoms with E-state index in [1.807, 2.05) is 6.92 Å². The molecule has 3 nitrogen and oxygen atoms in total. The van der Waals surface area contributed by atoms with E-state index in [0.717, 1.165) is 30.3 Å². The van der Waals surface area contributed by atoms with E-state index in [4.69, 9.17) is 4.42 Å². The molecule has 13 heavy (non-hydrogen) atoms. The maximum Gasteiger partial charge on any atom is 0.194 e. The van der Waals surface area contributed by atoms with E-state index in [2.05, 4.69) is 16.8 Å². The fraction of sp³-hybridized carbons (Fsp3) is 0.700. The normalized spacial score (nSPS) is 17.4. The highest BCUT2D eigenvalue weighted by Gasteiger charge is 2.17. The first-order chi connectivity index (χ1) is 6.29. The third kappa shape index (κ3) is 1.75. The van der Waals surface area contributed by atoms with Crippen molar-refractivity contribution in [1.29, 1.82) is 0 Å². The molecule has 0 spiro atoms. The van der Waals surface area contributed by atoms with E-state index < -0.39 is 0 Å². The lowest BCUT2D eigenvalue weighted by Crippen LogP contribution is -2.36. The lowest BCUT2D eigenvalue weighted by atomic mass is 10.2. The van der Waals surface area contributed by atoms with E-state index >= 15 is 0 Å². The molecular formula is C10H16N2O. The van der Waals surface area contributed by atoms with Gasteiger partial charge in [0, 0.05) is 6.42 Å². The van der Waals surface area contributed by atoms with Crippen molar-refractivity contribution in [3.05, 3.63) is 17.3 Å². The molecule has 2 heterocycles. The second-order valence-corrected chi connectivity index (χ2v) is 3.60. The molecule has 3 heteroatoms. The first kappa shape index (κ1) is 8.75. The fourth-order valence-corrected chi connectivity index (χ4v) is 1.53. The molecule has 1 saturated heterocycles. The molecule has 1 fully saturated rings. The van der Waals surface area contributed by atoms with Gasteiger partial charge in [-0.15, -0.1) is 0 Å². The topological polar surface area (TPSA) is 29.3 Å². The van der Waals surface area contributed by atoms with Crippen molar-refractivity contribution in [2.24, 2.45) is 0 Å². The molecule has 0 unspecified atom stereocenters. The smallest absolute Gasteiger partial charge is 0.194 e. The van der Waals surface area contributed by atoms with Crippen LogP contribution in [0.3, 0.4) is 0 Å². The number of rotatable bonds is 3. The molecule has 72 valence electrons. The summed E-state index contributed by atoms with van der Waals surface area (Å²) in [6, 6.07) is 0. The molecule has 2 rings (SSSR count). The Morgan fingerprint density at radius 1 is 1.46 bits per heavy atom. The van der Waals surface area contributed by atoms with Gasteiger partial charge in [-0.2, -0.15) is 0 Å². The SMILES string of the molecule is CCc1nc(C)c(CN2CCC2)o1. The van der Waals surface area contributed by atoms with E-state index in [-0.39, 0.29) is 0 Å². The van der Waals surface area contributed by atoms with Crippen LogP contribution in [0.1, 0.15) is 30.7 Å². The van der Waals surface area contributed by atoms with Crippen molar-refractivity contribution in [3.8, 4) is 0 Å². The number of aromatic nitrogens is 1. The number of aryl methyl sites for hydroxylation is 2. The summed E-state index contributed by atoms with van der Waals surface area (Å²) in [7, 11) is 0. The maximum atomic E-state index is 5.62. The summed E-state index contributed by atoms with van der Waals surface area (Å²) in [5.41, 5.74) is 1.06. The predicted octanol–water partition coefficient (Wildman–Crippen LogP) is 1.75. The molecule has 0 N–H and O–H groups in total. The summed E-state index contributed by atoms with van der Waals surface area (Å²) in [5, 5.41) is 0. The highest BCUT2D eigenvalue weighted by atomic mass is 16.4. The maximum absolute atomic E-state index is 5.62. The molecule has 1 aromatic rings. The van der Waals surface area contributed by atoms with Crippen LogP contribution in [0.5, 0.6) is 0 Å². The van der Waals surface area contributed by atoms with Gasteiger partial charge in [0.25, 0.3) is 0 Å². The van der Waals surface area contributed by atoms with Gasteiger partial charge in [-0.05, 0) is 26.4 Å². The Kier molecular flexibility index (Phi) is 2.36. The lowest BCUT2D eigenvalue weighted by molar-refractivity contribution is 0.158. The second kappa shape index (κ2) is 3.50. The van der Waals surface area contributed by atoms with Crippen LogP contribution in [-0.2, 0) is 13.0 Å². The molecule has 0 saturated carbocycles. The van der Waals surface area contributed by atoms with E-state index in [9.17, 15) is 0 Å². The minimum absolute atomic E-state index is 0.869.